The van der Waals surface area contributed by atoms with Crippen molar-refractivity contribution >= 4 is 57.1 Å². The van der Waals surface area contributed by atoms with E-state index in [9.17, 15) is 8.42 Å². The lowest BCUT2D eigenvalue weighted by molar-refractivity contribution is 0.384. The fraction of sp³-hybridized carbons (Fsp3) is 0.474. The fourth-order valence-electron chi connectivity index (χ4n) is 3.13. The van der Waals surface area contributed by atoms with Crippen molar-refractivity contribution in [3.63, 3.8) is 0 Å². The molecule has 1 aliphatic rings. The van der Waals surface area contributed by atoms with E-state index >= 15 is 0 Å². The van der Waals surface area contributed by atoms with Crippen LogP contribution in [0.2, 0.25) is 0 Å². The number of aromatic nitrogens is 1. The van der Waals surface area contributed by atoms with E-state index in [0.29, 0.717) is 45.2 Å². The molecule has 3 heterocycles. The van der Waals surface area contributed by atoms with E-state index in [1.54, 1.807) is 28.9 Å². The third kappa shape index (κ3) is 6.79. The number of sulfonamides is 1. The largest absolute Gasteiger partial charge is 0.355 e. The third-order valence-electron chi connectivity index (χ3n) is 4.87. The van der Waals surface area contributed by atoms with Crippen LogP contribution >= 0.6 is 35.3 Å². The summed E-state index contributed by atoms with van der Waals surface area (Å²) in [6, 6.07) is 7.85. The SMILES string of the molecule is CN=C(NCCS(=O)(=O)N1CCN(c2ccccn2)CC1)NCc1sccc1C.I. The minimum Gasteiger partial charge on any atom is -0.355 e. The first kappa shape index (κ1) is 24.8. The molecule has 0 spiro atoms. The van der Waals surface area contributed by atoms with E-state index in [4.69, 9.17) is 0 Å². The van der Waals surface area contributed by atoms with Crippen molar-refractivity contribution in [2.24, 2.45) is 4.99 Å². The van der Waals surface area contributed by atoms with Gasteiger partial charge in [0.05, 0.1) is 12.3 Å². The van der Waals surface area contributed by atoms with Crippen molar-refractivity contribution in [3.05, 3.63) is 46.3 Å². The van der Waals surface area contributed by atoms with Crippen LogP contribution in [-0.2, 0) is 16.6 Å². The Kier molecular flexibility index (Phi) is 9.78. The molecule has 1 fully saturated rings. The Balaban J connectivity index is 0.00000320. The van der Waals surface area contributed by atoms with Gasteiger partial charge in [-0.2, -0.15) is 4.31 Å². The number of thiophene rings is 1. The molecule has 0 aliphatic carbocycles. The number of anilines is 1. The standard InChI is InChI=1S/C19H28N6O2S2.HI/c1-16-6-13-28-17(16)15-23-19(20-2)22-8-14-29(26,27)25-11-9-24(10-12-25)18-5-3-4-7-21-18;/h3-7,13H,8-12,14-15H2,1-2H3,(H2,20,22,23);1H. The van der Waals surface area contributed by atoms with Gasteiger partial charge in [0.15, 0.2) is 5.96 Å². The van der Waals surface area contributed by atoms with Gasteiger partial charge in [-0.1, -0.05) is 6.07 Å². The van der Waals surface area contributed by atoms with Gasteiger partial charge in [0, 0.05) is 50.8 Å². The predicted molar refractivity (Wildman–Crippen MR) is 134 cm³/mol. The number of guanidine groups is 1. The van der Waals surface area contributed by atoms with Crippen molar-refractivity contribution < 1.29 is 8.42 Å². The van der Waals surface area contributed by atoms with Crippen molar-refractivity contribution in [1.82, 2.24) is 19.9 Å². The Bertz CT molecular complexity index is 912. The maximum absolute atomic E-state index is 12.7. The lowest BCUT2D eigenvalue weighted by atomic mass is 10.3. The van der Waals surface area contributed by atoms with Crippen molar-refractivity contribution in [2.75, 3.05) is 50.4 Å². The molecule has 0 unspecified atom stereocenters. The second-order valence-corrected chi connectivity index (χ2v) is 9.86. The smallest absolute Gasteiger partial charge is 0.215 e. The molecule has 0 bridgehead atoms. The van der Waals surface area contributed by atoms with Crippen LogP contribution < -0.4 is 15.5 Å². The number of rotatable bonds is 7. The summed E-state index contributed by atoms with van der Waals surface area (Å²) in [5, 5.41) is 8.39. The molecule has 2 aromatic heterocycles. The van der Waals surface area contributed by atoms with Crippen molar-refractivity contribution in [2.45, 2.75) is 13.5 Å². The summed E-state index contributed by atoms with van der Waals surface area (Å²) in [7, 11) is -1.63. The highest BCUT2D eigenvalue weighted by Gasteiger charge is 2.27. The Labute approximate surface area is 199 Å². The number of hydrogen-bond acceptors (Lipinski definition) is 6. The van der Waals surface area contributed by atoms with E-state index in [2.05, 4.69) is 43.9 Å². The third-order valence-corrected chi connectivity index (χ3v) is 7.76. The molecular weight excluding hydrogens is 535 g/mol. The number of halogens is 1. The summed E-state index contributed by atoms with van der Waals surface area (Å²) >= 11 is 1.69. The summed E-state index contributed by atoms with van der Waals surface area (Å²) in [5.41, 5.74) is 1.24. The van der Waals surface area contributed by atoms with Gasteiger partial charge in [0.25, 0.3) is 0 Å². The molecule has 11 heteroatoms. The first-order valence-corrected chi connectivity index (χ1v) is 12.1. The topological polar surface area (TPSA) is 89.9 Å². The highest BCUT2D eigenvalue weighted by atomic mass is 127. The van der Waals surface area contributed by atoms with Gasteiger partial charge in [-0.05, 0) is 36.1 Å². The summed E-state index contributed by atoms with van der Waals surface area (Å²) in [5.74, 6) is 1.53. The van der Waals surface area contributed by atoms with Crippen LogP contribution in [0.15, 0.2) is 40.8 Å². The van der Waals surface area contributed by atoms with Crippen LogP contribution in [0.4, 0.5) is 5.82 Å². The van der Waals surface area contributed by atoms with E-state index < -0.39 is 10.0 Å². The van der Waals surface area contributed by atoms with E-state index in [0.717, 1.165) is 5.82 Å². The van der Waals surface area contributed by atoms with Crippen LogP contribution in [0.3, 0.4) is 0 Å². The molecule has 0 aromatic carbocycles. The van der Waals surface area contributed by atoms with Crippen LogP contribution in [-0.4, -0.2) is 69.2 Å². The molecule has 1 saturated heterocycles. The number of hydrogen-bond donors (Lipinski definition) is 2. The molecule has 2 N–H and O–H groups in total. The number of piperazine rings is 1. The Morgan fingerprint density at radius 1 is 1.20 bits per heavy atom. The van der Waals surface area contributed by atoms with Crippen LogP contribution in [0.25, 0.3) is 0 Å². The monoisotopic (exact) mass is 564 g/mol. The number of aliphatic imine (C=N–C) groups is 1. The Morgan fingerprint density at radius 2 is 1.97 bits per heavy atom. The van der Waals surface area contributed by atoms with Crippen LogP contribution in [0, 0.1) is 6.92 Å². The first-order chi connectivity index (χ1) is 14.0. The Morgan fingerprint density at radius 3 is 2.57 bits per heavy atom. The number of nitrogens with zero attached hydrogens (tertiary/aromatic N) is 4. The minimum atomic E-state index is -3.31. The van der Waals surface area contributed by atoms with Gasteiger partial charge >= 0.3 is 0 Å². The first-order valence-electron chi connectivity index (χ1n) is 9.61. The lowest BCUT2D eigenvalue weighted by Gasteiger charge is -2.34. The molecule has 166 valence electrons. The number of pyridine rings is 1. The van der Waals surface area contributed by atoms with Gasteiger partial charge in [-0.3, -0.25) is 4.99 Å². The molecule has 0 saturated carbocycles. The van der Waals surface area contributed by atoms with Gasteiger partial charge in [-0.25, -0.2) is 13.4 Å². The zero-order chi connectivity index (χ0) is 20.7. The second-order valence-electron chi connectivity index (χ2n) is 6.77. The molecule has 0 radical (unpaired) electrons. The molecular formula is C19H29IN6O2S2. The molecule has 30 heavy (non-hydrogen) atoms. The summed E-state index contributed by atoms with van der Waals surface area (Å²) in [6.45, 7) is 5.30. The van der Waals surface area contributed by atoms with Gasteiger partial charge < -0.3 is 15.5 Å². The predicted octanol–water partition coefficient (Wildman–Crippen LogP) is 1.89. The average Bonchev–Trinajstić information content (AvgIpc) is 3.16. The zero-order valence-electron chi connectivity index (χ0n) is 17.2. The fourth-order valence-corrected chi connectivity index (χ4v) is 5.32. The normalized spacial score (nSPS) is 15.5. The number of nitrogens with one attached hydrogen (secondary N) is 2. The van der Waals surface area contributed by atoms with E-state index in [1.165, 1.54) is 10.4 Å². The van der Waals surface area contributed by atoms with Crippen molar-refractivity contribution in [3.8, 4) is 0 Å². The van der Waals surface area contributed by atoms with Gasteiger partial charge in [-0.15, -0.1) is 35.3 Å². The summed E-state index contributed by atoms with van der Waals surface area (Å²) < 4.78 is 26.9. The lowest BCUT2D eigenvalue weighted by Crippen LogP contribution is -2.50. The molecule has 1 aliphatic heterocycles. The summed E-state index contributed by atoms with van der Waals surface area (Å²) in [4.78, 5) is 11.9. The highest BCUT2D eigenvalue weighted by molar-refractivity contribution is 14.0. The molecule has 2 aromatic rings. The number of aryl methyl sites for hydroxylation is 1. The maximum atomic E-state index is 12.7. The second kappa shape index (κ2) is 11.8. The van der Waals surface area contributed by atoms with Crippen LogP contribution in [0.5, 0.6) is 0 Å². The van der Waals surface area contributed by atoms with E-state index in [1.807, 2.05) is 18.2 Å². The average molecular weight is 565 g/mol. The highest BCUT2D eigenvalue weighted by Crippen LogP contribution is 2.15. The van der Waals surface area contributed by atoms with Crippen molar-refractivity contribution in [1.29, 1.82) is 0 Å². The van der Waals surface area contributed by atoms with Gasteiger partial charge in [0.2, 0.25) is 10.0 Å². The zero-order valence-corrected chi connectivity index (χ0v) is 21.2. The summed E-state index contributed by atoms with van der Waals surface area (Å²) in [6.07, 6.45) is 1.75. The van der Waals surface area contributed by atoms with Crippen LogP contribution in [0.1, 0.15) is 10.4 Å². The maximum Gasteiger partial charge on any atom is 0.215 e. The van der Waals surface area contributed by atoms with E-state index in [-0.39, 0.29) is 29.7 Å². The molecule has 0 atom stereocenters. The van der Waals surface area contributed by atoms with Gasteiger partial charge in [0.1, 0.15) is 5.82 Å². The molecule has 3 rings (SSSR count). The quantitative estimate of drug-likeness (QED) is 0.304. The minimum absolute atomic E-state index is 0. The molecule has 8 nitrogen and oxygen atoms in total. The Hall–Kier alpha value is -1.44. The molecule has 0 amide bonds.